The predicted octanol–water partition coefficient (Wildman–Crippen LogP) is 4.37. The van der Waals surface area contributed by atoms with Crippen LogP contribution in [0.25, 0.3) is 11.1 Å². The summed E-state index contributed by atoms with van der Waals surface area (Å²) in [5.74, 6) is -1.08. The van der Waals surface area contributed by atoms with E-state index in [1.54, 1.807) is 13.1 Å². The first-order valence-electron chi connectivity index (χ1n) is 7.83. The molecule has 0 atom stereocenters. The first kappa shape index (κ1) is 17.7. The molecule has 0 spiro atoms. The van der Waals surface area contributed by atoms with Crippen molar-refractivity contribution in [2.75, 3.05) is 11.9 Å². The zero-order valence-corrected chi connectivity index (χ0v) is 14.8. The van der Waals surface area contributed by atoms with Crippen LogP contribution in [0.2, 0.25) is 0 Å². The van der Waals surface area contributed by atoms with Gasteiger partial charge in [0.25, 0.3) is 0 Å². The molecular weight excluding hydrogens is 302 g/mol. The van der Waals surface area contributed by atoms with Crippen LogP contribution in [-0.2, 0) is 4.79 Å². The average Bonchev–Trinajstić information content (AvgIpc) is 2.52. The van der Waals surface area contributed by atoms with Crippen LogP contribution in [0.3, 0.4) is 0 Å². The maximum atomic E-state index is 12.5. The summed E-state index contributed by atoms with van der Waals surface area (Å²) < 4.78 is 0. The normalized spacial score (nSPS) is 11.2. The Morgan fingerprint density at radius 1 is 0.958 bits per heavy atom. The van der Waals surface area contributed by atoms with Crippen LogP contribution in [0.5, 0.6) is 0 Å². The van der Waals surface area contributed by atoms with E-state index in [4.69, 9.17) is 0 Å². The third kappa shape index (κ3) is 3.82. The second-order valence-corrected chi connectivity index (χ2v) is 7.05. The van der Waals surface area contributed by atoms with Crippen molar-refractivity contribution in [2.45, 2.75) is 27.7 Å². The molecule has 0 heterocycles. The molecule has 1 amide bonds. The third-order valence-electron chi connectivity index (χ3n) is 3.88. The molecule has 0 aromatic heterocycles. The molecule has 0 radical (unpaired) electrons. The van der Waals surface area contributed by atoms with Crippen molar-refractivity contribution in [3.05, 3.63) is 53.6 Å². The zero-order chi connectivity index (χ0) is 18.1. The Morgan fingerprint density at radius 2 is 1.54 bits per heavy atom. The lowest BCUT2D eigenvalue weighted by Gasteiger charge is -2.26. The first-order chi connectivity index (χ1) is 11.1. The van der Waals surface area contributed by atoms with Crippen molar-refractivity contribution in [1.29, 1.82) is 0 Å². The van der Waals surface area contributed by atoms with E-state index in [9.17, 15) is 14.7 Å². The molecule has 24 heavy (non-hydrogen) atoms. The minimum absolute atomic E-state index is 0.0695. The van der Waals surface area contributed by atoms with E-state index in [1.165, 1.54) is 11.0 Å². The van der Waals surface area contributed by atoms with Crippen LogP contribution in [-0.4, -0.2) is 24.0 Å². The van der Waals surface area contributed by atoms with Crippen LogP contribution < -0.4 is 4.90 Å². The number of carboxylic acid groups (broad SMARTS) is 1. The van der Waals surface area contributed by atoms with Crippen LogP contribution in [0.4, 0.5) is 5.69 Å². The van der Waals surface area contributed by atoms with Crippen LogP contribution >= 0.6 is 0 Å². The molecule has 2 aromatic carbocycles. The fourth-order valence-electron chi connectivity index (χ4n) is 2.46. The summed E-state index contributed by atoms with van der Waals surface area (Å²) in [5.41, 5.74) is 3.02. The van der Waals surface area contributed by atoms with Crippen molar-refractivity contribution >= 4 is 17.6 Å². The highest BCUT2D eigenvalue weighted by atomic mass is 16.4. The monoisotopic (exact) mass is 325 g/mol. The molecular formula is C20H23NO3. The summed E-state index contributed by atoms with van der Waals surface area (Å²) in [6, 6.07) is 12.9. The van der Waals surface area contributed by atoms with Gasteiger partial charge in [0.15, 0.2) is 0 Å². The van der Waals surface area contributed by atoms with Gasteiger partial charge in [-0.15, -0.1) is 0 Å². The molecule has 0 saturated carbocycles. The Labute approximate surface area is 142 Å². The number of aryl methyl sites for hydroxylation is 1. The summed E-state index contributed by atoms with van der Waals surface area (Å²) in [6.07, 6.45) is 0. The molecule has 4 heteroatoms. The number of amides is 1. The van der Waals surface area contributed by atoms with Crippen molar-refractivity contribution in [2.24, 2.45) is 5.41 Å². The maximum absolute atomic E-state index is 12.5. The van der Waals surface area contributed by atoms with Crippen LogP contribution in [0, 0.1) is 12.3 Å². The molecule has 0 bridgehead atoms. The van der Waals surface area contributed by atoms with Crippen molar-refractivity contribution in [3.63, 3.8) is 0 Å². The Kier molecular flexibility index (Phi) is 4.78. The number of rotatable bonds is 3. The van der Waals surface area contributed by atoms with Gasteiger partial charge in [-0.05, 0) is 36.2 Å². The highest BCUT2D eigenvalue weighted by molar-refractivity contribution is 5.99. The second-order valence-electron chi connectivity index (χ2n) is 7.05. The molecule has 126 valence electrons. The second kappa shape index (κ2) is 6.48. The Morgan fingerprint density at radius 3 is 2.04 bits per heavy atom. The van der Waals surface area contributed by atoms with Crippen LogP contribution in [0.15, 0.2) is 42.5 Å². The molecule has 0 unspecified atom stereocenters. The quantitative estimate of drug-likeness (QED) is 0.911. The third-order valence-corrected chi connectivity index (χ3v) is 3.88. The van der Waals surface area contributed by atoms with Gasteiger partial charge in [-0.3, -0.25) is 4.79 Å². The van der Waals surface area contributed by atoms with Gasteiger partial charge in [0.05, 0.1) is 5.56 Å². The SMILES string of the molecule is Cc1ccc(-c2cc(C(=O)O)cc(N(C)C(=O)C(C)(C)C)c2)cc1. The van der Waals surface area contributed by atoms with E-state index >= 15 is 0 Å². The fraction of sp³-hybridized carbons (Fsp3) is 0.300. The topological polar surface area (TPSA) is 57.6 Å². The van der Waals surface area contributed by atoms with Crippen molar-refractivity contribution < 1.29 is 14.7 Å². The lowest BCUT2D eigenvalue weighted by Crippen LogP contribution is -2.36. The molecule has 4 nitrogen and oxygen atoms in total. The molecule has 0 aliphatic rings. The summed E-state index contributed by atoms with van der Waals surface area (Å²) in [6.45, 7) is 7.52. The lowest BCUT2D eigenvalue weighted by molar-refractivity contribution is -0.125. The van der Waals surface area contributed by atoms with Gasteiger partial charge in [0.2, 0.25) is 5.91 Å². The van der Waals surface area contributed by atoms with Gasteiger partial charge < -0.3 is 10.0 Å². The Bertz CT molecular complexity index is 770. The molecule has 2 aromatic rings. The molecule has 0 aliphatic carbocycles. The fourth-order valence-corrected chi connectivity index (χ4v) is 2.46. The van der Waals surface area contributed by atoms with E-state index < -0.39 is 11.4 Å². The smallest absolute Gasteiger partial charge is 0.335 e. The van der Waals surface area contributed by atoms with E-state index in [1.807, 2.05) is 58.0 Å². The van der Waals surface area contributed by atoms with E-state index in [0.29, 0.717) is 5.69 Å². The minimum Gasteiger partial charge on any atom is -0.478 e. The number of anilines is 1. The number of carbonyl (C=O) groups is 2. The van der Waals surface area contributed by atoms with Gasteiger partial charge in [-0.25, -0.2) is 4.79 Å². The summed E-state index contributed by atoms with van der Waals surface area (Å²) in [4.78, 5) is 25.5. The highest BCUT2D eigenvalue weighted by Gasteiger charge is 2.26. The summed E-state index contributed by atoms with van der Waals surface area (Å²) >= 11 is 0. The number of carboxylic acids is 1. The molecule has 0 aliphatic heterocycles. The predicted molar refractivity (Wildman–Crippen MR) is 96.4 cm³/mol. The van der Waals surface area contributed by atoms with E-state index in [2.05, 4.69) is 0 Å². The number of hydrogen-bond acceptors (Lipinski definition) is 2. The number of hydrogen-bond donors (Lipinski definition) is 1. The standard InChI is InChI=1S/C20H23NO3/c1-13-6-8-14(9-7-13)15-10-16(18(22)23)12-17(11-15)21(5)19(24)20(2,3)4/h6-12H,1-5H3,(H,22,23). The van der Waals surface area contributed by atoms with Gasteiger partial charge in [0.1, 0.15) is 0 Å². The Hall–Kier alpha value is -2.62. The highest BCUT2D eigenvalue weighted by Crippen LogP contribution is 2.29. The van der Waals surface area contributed by atoms with Crippen molar-refractivity contribution in [3.8, 4) is 11.1 Å². The number of nitrogens with zero attached hydrogens (tertiary/aromatic N) is 1. The Balaban J connectivity index is 2.54. The van der Waals surface area contributed by atoms with Gasteiger partial charge in [-0.2, -0.15) is 0 Å². The number of carbonyl (C=O) groups excluding carboxylic acids is 1. The average molecular weight is 325 g/mol. The summed E-state index contributed by atoms with van der Waals surface area (Å²) in [5, 5.41) is 9.40. The minimum atomic E-state index is -1.01. The molecule has 1 N–H and O–H groups in total. The van der Waals surface area contributed by atoms with Crippen LogP contribution in [0.1, 0.15) is 36.7 Å². The van der Waals surface area contributed by atoms with Crippen molar-refractivity contribution in [1.82, 2.24) is 0 Å². The van der Waals surface area contributed by atoms with E-state index in [0.717, 1.165) is 16.7 Å². The molecule has 0 saturated heterocycles. The number of benzene rings is 2. The zero-order valence-electron chi connectivity index (χ0n) is 14.8. The van der Waals surface area contributed by atoms with Gasteiger partial charge >= 0.3 is 5.97 Å². The lowest BCUT2D eigenvalue weighted by atomic mass is 9.94. The molecule has 0 fully saturated rings. The largest absolute Gasteiger partial charge is 0.478 e. The number of aromatic carboxylic acids is 1. The van der Waals surface area contributed by atoms with Gasteiger partial charge in [0, 0.05) is 18.2 Å². The first-order valence-corrected chi connectivity index (χ1v) is 7.83. The van der Waals surface area contributed by atoms with Gasteiger partial charge in [-0.1, -0.05) is 50.6 Å². The molecule has 2 rings (SSSR count). The maximum Gasteiger partial charge on any atom is 0.335 e. The summed E-state index contributed by atoms with van der Waals surface area (Å²) in [7, 11) is 1.67. The van der Waals surface area contributed by atoms with E-state index in [-0.39, 0.29) is 11.5 Å².